The van der Waals surface area contributed by atoms with Gasteiger partial charge in [-0.05, 0) is 39.7 Å². The third-order valence-electron chi connectivity index (χ3n) is 4.63. The lowest BCUT2D eigenvalue weighted by Crippen LogP contribution is -2.51. The lowest BCUT2D eigenvalue weighted by Gasteiger charge is -2.34. The maximum absolute atomic E-state index is 12.5. The highest BCUT2D eigenvalue weighted by Crippen LogP contribution is 2.27. The van der Waals surface area contributed by atoms with E-state index in [9.17, 15) is 13.2 Å². The quantitative estimate of drug-likeness (QED) is 0.643. The van der Waals surface area contributed by atoms with Crippen LogP contribution in [0.15, 0.2) is 28.3 Å². The minimum atomic E-state index is -3.80. The molecule has 10 heteroatoms. The van der Waals surface area contributed by atoms with Gasteiger partial charge in [-0.15, -0.1) is 4.40 Å². The second-order valence-corrected chi connectivity index (χ2v) is 9.38. The molecule has 4 N–H and O–H groups in total. The molecule has 150 valence electrons. The predicted octanol–water partition coefficient (Wildman–Crippen LogP) is 0.619. The third kappa shape index (κ3) is 4.62. The van der Waals surface area contributed by atoms with Gasteiger partial charge in [0, 0.05) is 17.8 Å². The van der Waals surface area contributed by atoms with Crippen molar-refractivity contribution < 1.29 is 17.9 Å². The number of rotatable bonds is 3. The number of carbonyl (C=O) groups is 1. The molecule has 27 heavy (non-hydrogen) atoms. The van der Waals surface area contributed by atoms with E-state index in [1.807, 2.05) is 26.8 Å². The predicted molar refractivity (Wildman–Crippen MR) is 102 cm³/mol. The van der Waals surface area contributed by atoms with Crippen molar-refractivity contribution >= 4 is 22.1 Å². The number of fused-ring (bicyclic) bond motifs is 1. The van der Waals surface area contributed by atoms with Crippen LogP contribution in [0.1, 0.15) is 33.6 Å². The highest BCUT2D eigenvalue weighted by atomic mass is 32.2. The standard InChI is InChI=1S/C17H27N5O4S/c1-17(2,3)19-16(23)22-9-5-6-11(22)10-26-13-8-4-7-12-14(13)15(18)21-27(24,25)20-12/h4,7-8,11,13-14,20H,5-6,9-10H2,1-3H3,(H2,18,21)(H,19,23)/t11-,13-,14?/m1/s1. The number of allylic oxidation sites excluding steroid dienone is 2. The number of hydrogen-bond acceptors (Lipinski definition) is 5. The van der Waals surface area contributed by atoms with E-state index < -0.39 is 22.2 Å². The maximum atomic E-state index is 12.5. The van der Waals surface area contributed by atoms with Gasteiger partial charge in [-0.3, -0.25) is 4.72 Å². The Bertz CT molecular complexity index is 797. The Balaban J connectivity index is 1.65. The molecule has 3 aliphatic rings. The molecule has 0 aromatic rings. The van der Waals surface area contributed by atoms with E-state index in [0.29, 0.717) is 18.8 Å². The van der Waals surface area contributed by atoms with E-state index in [4.69, 9.17) is 10.5 Å². The Labute approximate surface area is 159 Å². The fourth-order valence-corrected chi connectivity index (χ4v) is 4.43. The molecular weight excluding hydrogens is 370 g/mol. The fourth-order valence-electron chi connectivity index (χ4n) is 3.50. The van der Waals surface area contributed by atoms with Gasteiger partial charge in [0.15, 0.2) is 0 Å². The van der Waals surface area contributed by atoms with Gasteiger partial charge in [-0.25, -0.2) is 4.79 Å². The van der Waals surface area contributed by atoms with Crippen LogP contribution in [-0.4, -0.2) is 56.0 Å². The van der Waals surface area contributed by atoms with Crippen LogP contribution in [0.2, 0.25) is 0 Å². The van der Waals surface area contributed by atoms with Crippen molar-refractivity contribution in [1.29, 1.82) is 0 Å². The first kappa shape index (κ1) is 19.7. The number of nitrogens with two attached hydrogens (primary N) is 1. The molecule has 2 aliphatic heterocycles. The SMILES string of the molecule is CC(C)(C)NC(=O)N1CCC[C@@H]1CO[C@@H]1C=CC=C2NS(=O)(=O)N=C(N)C21. The summed E-state index contributed by atoms with van der Waals surface area (Å²) < 4.78 is 35.3. The molecule has 2 heterocycles. The molecule has 0 aromatic heterocycles. The Morgan fingerprint density at radius 1 is 1.48 bits per heavy atom. The number of amides is 2. The second kappa shape index (κ2) is 7.16. The van der Waals surface area contributed by atoms with Crippen LogP contribution in [0, 0.1) is 5.92 Å². The van der Waals surface area contributed by atoms with Gasteiger partial charge in [0.25, 0.3) is 0 Å². The monoisotopic (exact) mass is 397 g/mol. The van der Waals surface area contributed by atoms with E-state index in [-0.39, 0.29) is 23.4 Å². The molecule has 3 atom stereocenters. The lowest BCUT2D eigenvalue weighted by atomic mass is 9.93. The maximum Gasteiger partial charge on any atom is 0.343 e. The molecule has 9 nitrogen and oxygen atoms in total. The summed E-state index contributed by atoms with van der Waals surface area (Å²) in [4.78, 5) is 14.3. The van der Waals surface area contributed by atoms with Crippen molar-refractivity contribution in [2.24, 2.45) is 16.0 Å². The second-order valence-electron chi connectivity index (χ2n) is 8.05. The number of amidine groups is 1. The Morgan fingerprint density at radius 3 is 2.93 bits per heavy atom. The molecule has 0 saturated carbocycles. The smallest absolute Gasteiger partial charge is 0.343 e. The largest absolute Gasteiger partial charge is 0.386 e. The number of ether oxygens (including phenoxy) is 1. The molecule has 1 aliphatic carbocycles. The number of nitrogens with zero attached hydrogens (tertiary/aromatic N) is 2. The van der Waals surface area contributed by atoms with Crippen molar-refractivity contribution in [2.75, 3.05) is 13.2 Å². The van der Waals surface area contributed by atoms with E-state index in [2.05, 4.69) is 14.4 Å². The van der Waals surface area contributed by atoms with Crippen LogP contribution in [0.25, 0.3) is 0 Å². The molecule has 0 bridgehead atoms. The highest BCUT2D eigenvalue weighted by Gasteiger charge is 2.37. The Morgan fingerprint density at radius 2 is 2.22 bits per heavy atom. The molecule has 1 saturated heterocycles. The van der Waals surface area contributed by atoms with Gasteiger partial charge in [0.1, 0.15) is 5.84 Å². The van der Waals surface area contributed by atoms with Crippen molar-refractivity contribution in [3.63, 3.8) is 0 Å². The van der Waals surface area contributed by atoms with Gasteiger partial charge in [0.05, 0.1) is 24.7 Å². The van der Waals surface area contributed by atoms with Crippen molar-refractivity contribution in [1.82, 2.24) is 14.9 Å². The highest BCUT2D eigenvalue weighted by molar-refractivity contribution is 7.88. The molecule has 2 amide bonds. The van der Waals surface area contributed by atoms with Gasteiger partial charge in [-0.1, -0.05) is 12.2 Å². The van der Waals surface area contributed by atoms with E-state index >= 15 is 0 Å². The van der Waals surface area contributed by atoms with Crippen LogP contribution >= 0.6 is 0 Å². The summed E-state index contributed by atoms with van der Waals surface area (Å²) in [5.41, 5.74) is 6.03. The third-order valence-corrected chi connectivity index (χ3v) is 5.58. The minimum Gasteiger partial charge on any atom is -0.386 e. The Kier molecular flexibility index (Phi) is 5.22. The Hall–Kier alpha value is -2.07. The molecule has 0 spiro atoms. The summed E-state index contributed by atoms with van der Waals surface area (Å²) in [5.74, 6) is -0.472. The average molecular weight is 398 g/mol. The summed E-state index contributed by atoms with van der Waals surface area (Å²) >= 11 is 0. The van der Waals surface area contributed by atoms with E-state index in [1.54, 1.807) is 17.1 Å². The van der Waals surface area contributed by atoms with Crippen LogP contribution in [0.3, 0.4) is 0 Å². The van der Waals surface area contributed by atoms with Crippen molar-refractivity contribution in [3.05, 3.63) is 23.9 Å². The lowest BCUT2D eigenvalue weighted by molar-refractivity contribution is 0.0368. The van der Waals surface area contributed by atoms with Crippen LogP contribution in [0.4, 0.5) is 4.79 Å². The zero-order valence-electron chi connectivity index (χ0n) is 15.8. The fraction of sp³-hybridized carbons (Fsp3) is 0.647. The summed E-state index contributed by atoms with van der Waals surface area (Å²) in [7, 11) is -3.80. The summed E-state index contributed by atoms with van der Waals surface area (Å²) in [5, 5.41) is 2.98. The molecular formula is C17H27N5O4S. The van der Waals surface area contributed by atoms with E-state index in [1.165, 1.54) is 0 Å². The topological polar surface area (TPSA) is 126 Å². The zero-order valence-corrected chi connectivity index (χ0v) is 16.6. The summed E-state index contributed by atoms with van der Waals surface area (Å²) in [6.07, 6.45) is 6.55. The normalized spacial score (nSPS) is 29.4. The molecule has 0 radical (unpaired) electrons. The molecule has 1 unspecified atom stereocenters. The van der Waals surface area contributed by atoms with E-state index in [0.717, 1.165) is 12.8 Å². The first-order valence-corrected chi connectivity index (χ1v) is 10.5. The molecule has 1 fully saturated rings. The number of hydrogen-bond donors (Lipinski definition) is 3. The van der Waals surface area contributed by atoms with Crippen LogP contribution < -0.4 is 15.8 Å². The molecule has 0 aromatic carbocycles. The average Bonchev–Trinajstić information content (AvgIpc) is 2.98. The number of likely N-dealkylation sites (tertiary alicyclic amines) is 1. The minimum absolute atomic E-state index is 0.00287. The molecule has 3 rings (SSSR count). The number of carbonyl (C=O) groups excluding carboxylic acids is 1. The number of urea groups is 1. The zero-order chi connectivity index (χ0) is 19.8. The first-order chi connectivity index (χ1) is 12.6. The van der Waals surface area contributed by atoms with Crippen LogP contribution in [0.5, 0.6) is 0 Å². The van der Waals surface area contributed by atoms with Crippen LogP contribution in [-0.2, 0) is 14.9 Å². The van der Waals surface area contributed by atoms with Crippen molar-refractivity contribution in [2.45, 2.75) is 51.3 Å². The summed E-state index contributed by atoms with van der Waals surface area (Å²) in [6.45, 7) is 6.86. The number of nitrogens with one attached hydrogen (secondary N) is 2. The van der Waals surface area contributed by atoms with Gasteiger partial charge >= 0.3 is 16.2 Å². The van der Waals surface area contributed by atoms with Gasteiger partial charge in [0.2, 0.25) is 0 Å². The van der Waals surface area contributed by atoms with Gasteiger partial charge in [-0.2, -0.15) is 8.42 Å². The first-order valence-electron chi connectivity index (χ1n) is 9.02. The van der Waals surface area contributed by atoms with Crippen molar-refractivity contribution in [3.8, 4) is 0 Å². The van der Waals surface area contributed by atoms with Gasteiger partial charge < -0.3 is 20.7 Å². The summed E-state index contributed by atoms with van der Waals surface area (Å²) in [6, 6.07) is -0.131.